The van der Waals surface area contributed by atoms with E-state index in [9.17, 15) is 0 Å². The fourth-order valence-electron chi connectivity index (χ4n) is 3.93. The van der Waals surface area contributed by atoms with Crippen LogP contribution in [0.25, 0.3) is 0 Å². The van der Waals surface area contributed by atoms with E-state index in [-0.39, 0.29) is 24.0 Å². The van der Waals surface area contributed by atoms with Crippen LogP contribution in [0, 0.1) is 5.92 Å². The Kier molecular flexibility index (Phi) is 12.3. The summed E-state index contributed by atoms with van der Waals surface area (Å²) in [6.45, 7) is 10.1. The molecule has 0 amide bonds. The number of benzene rings is 1. The predicted octanol–water partition coefficient (Wildman–Crippen LogP) is 4.34. The molecule has 0 aliphatic carbocycles. The number of ether oxygens (including phenoxy) is 1. The van der Waals surface area contributed by atoms with E-state index in [1.54, 1.807) is 18.4 Å². The van der Waals surface area contributed by atoms with Crippen LogP contribution in [0.3, 0.4) is 0 Å². The van der Waals surface area contributed by atoms with Gasteiger partial charge in [0, 0.05) is 31.6 Å². The van der Waals surface area contributed by atoms with Crippen LogP contribution in [0.15, 0.2) is 34.6 Å². The van der Waals surface area contributed by atoms with Gasteiger partial charge >= 0.3 is 0 Å². The molecule has 0 atom stereocenters. The second-order valence-electron chi connectivity index (χ2n) is 8.01. The van der Waals surface area contributed by atoms with Gasteiger partial charge in [-0.15, -0.1) is 35.3 Å². The van der Waals surface area contributed by atoms with Crippen molar-refractivity contribution in [1.82, 2.24) is 20.5 Å². The molecule has 0 radical (unpaired) electrons. The molecule has 2 N–H and O–H groups in total. The van der Waals surface area contributed by atoms with Gasteiger partial charge in [0.2, 0.25) is 0 Å². The van der Waals surface area contributed by atoms with Crippen molar-refractivity contribution in [3.63, 3.8) is 0 Å². The Labute approximate surface area is 214 Å². The minimum Gasteiger partial charge on any atom is -0.496 e. The summed E-state index contributed by atoms with van der Waals surface area (Å²) in [6, 6.07) is 8.19. The van der Waals surface area contributed by atoms with E-state index >= 15 is 0 Å². The number of hydrogen-bond acceptors (Lipinski definition) is 5. The number of guanidine groups is 1. The minimum absolute atomic E-state index is 0. The molecule has 1 aromatic heterocycles. The molecule has 178 valence electrons. The van der Waals surface area contributed by atoms with Gasteiger partial charge in [-0.1, -0.05) is 25.1 Å². The van der Waals surface area contributed by atoms with Gasteiger partial charge in [0.05, 0.1) is 17.8 Å². The van der Waals surface area contributed by atoms with Gasteiger partial charge in [0.15, 0.2) is 5.96 Å². The summed E-state index contributed by atoms with van der Waals surface area (Å²) in [5.74, 6) is 2.51. The Balaban J connectivity index is 0.00000363. The highest BCUT2D eigenvalue weighted by molar-refractivity contribution is 14.0. The zero-order valence-electron chi connectivity index (χ0n) is 19.6. The summed E-state index contributed by atoms with van der Waals surface area (Å²) in [7, 11) is 1.72. The van der Waals surface area contributed by atoms with Crippen molar-refractivity contribution in [3.05, 3.63) is 45.9 Å². The topological polar surface area (TPSA) is 61.8 Å². The largest absolute Gasteiger partial charge is 0.496 e. The number of methoxy groups -OCH3 is 1. The van der Waals surface area contributed by atoms with E-state index < -0.39 is 0 Å². The van der Waals surface area contributed by atoms with Gasteiger partial charge in [0.1, 0.15) is 5.75 Å². The van der Waals surface area contributed by atoms with Crippen LogP contribution in [0.1, 0.15) is 43.0 Å². The van der Waals surface area contributed by atoms with Crippen LogP contribution in [-0.4, -0.2) is 55.7 Å². The Morgan fingerprint density at radius 1 is 1.22 bits per heavy atom. The lowest BCUT2D eigenvalue weighted by Crippen LogP contribution is -2.39. The maximum atomic E-state index is 5.45. The van der Waals surface area contributed by atoms with E-state index in [2.05, 4.69) is 46.9 Å². The molecular weight excluding hydrogens is 533 g/mol. The quantitative estimate of drug-likeness (QED) is 0.253. The van der Waals surface area contributed by atoms with Gasteiger partial charge in [0.25, 0.3) is 0 Å². The molecule has 0 spiro atoms. The Morgan fingerprint density at radius 2 is 2.00 bits per heavy atom. The van der Waals surface area contributed by atoms with Gasteiger partial charge in [-0.25, -0.2) is 4.98 Å². The van der Waals surface area contributed by atoms with Crippen LogP contribution in [0.2, 0.25) is 0 Å². The molecule has 0 saturated carbocycles. The first kappa shape index (κ1) is 26.9. The Hall–Kier alpha value is -1.39. The number of rotatable bonds is 10. The first-order valence-corrected chi connectivity index (χ1v) is 12.4. The molecule has 8 heteroatoms. The van der Waals surface area contributed by atoms with E-state index in [4.69, 9.17) is 14.7 Å². The highest BCUT2D eigenvalue weighted by Crippen LogP contribution is 2.20. The molecule has 0 bridgehead atoms. The smallest absolute Gasteiger partial charge is 0.191 e. The maximum absolute atomic E-state index is 5.45. The van der Waals surface area contributed by atoms with Gasteiger partial charge in [-0.2, -0.15) is 0 Å². The van der Waals surface area contributed by atoms with Crippen LogP contribution in [0.5, 0.6) is 5.75 Å². The number of piperidine rings is 1. The molecule has 2 aromatic rings. The van der Waals surface area contributed by atoms with E-state index in [0.717, 1.165) is 63.8 Å². The summed E-state index contributed by atoms with van der Waals surface area (Å²) in [5, 5.41) is 10.3. The van der Waals surface area contributed by atoms with Crippen LogP contribution >= 0.6 is 35.3 Å². The maximum Gasteiger partial charge on any atom is 0.191 e. The van der Waals surface area contributed by atoms with Crippen molar-refractivity contribution < 1.29 is 4.74 Å². The molecule has 1 aromatic carbocycles. The number of aliphatic imine (C=N–C) groups is 1. The number of likely N-dealkylation sites (tertiary alicyclic amines) is 1. The SMILES string of the molecule is CCNC(=NCC1CCN(Cc2csc(CC)n2)CC1)NCCc1ccccc1OC.I. The van der Waals surface area contributed by atoms with Gasteiger partial charge in [-0.05, 0) is 63.2 Å². The number of nitrogens with zero attached hydrogens (tertiary/aromatic N) is 3. The molecule has 32 heavy (non-hydrogen) atoms. The number of thiazole rings is 1. The minimum atomic E-state index is 0. The van der Waals surface area contributed by atoms with E-state index in [1.165, 1.54) is 29.1 Å². The van der Waals surface area contributed by atoms with Gasteiger partial charge in [-0.3, -0.25) is 9.89 Å². The zero-order valence-corrected chi connectivity index (χ0v) is 22.7. The summed E-state index contributed by atoms with van der Waals surface area (Å²) in [4.78, 5) is 12.1. The van der Waals surface area contributed by atoms with Crippen molar-refractivity contribution in [1.29, 1.82) is 0 Å². The van der Waals surface area contributed by atoms with Crippen LogP contribution in [0.4, 0.5) is 0 Å². The number of halogens is 1. The third-order valence-electron chi connectivity index (χ3n) is 5.73. The fraction of sp³-hybridized carbons (Fsp3) is 0.583. The molecule has 1 saturated heterocycles. The second-order valence-corrected chi connectivity index (χ2v) is 8.96. The summed E-state index contributed by atoms with van der Waals surface area (Å²) in [6.07, 6.45) is 4.35. The van der Waals surface area contributed by atoms with Crippen LogP contribution < -0.4 is 15.4 Å². The number of aromatic nitrogens is 1. The summed E-state index contributed by atoms with van der Waals surface area (Å²) < 4.78 is 5.45. The Morgan fingerprint density at radius 3 is 2.69 bits per heavy atom. The molecule has 1 aliphatic heterocycles. The molecule has 1 fully saturated rings. The molecule has 0 unspecified atom stereocenters. The number of hydrogen-bond donors (Lipinski definition) is 2. The monoisotopic (exact) mass is 571 g/mol. The van der Waals surface area contributed by atoms with Crippen molar-refractivity contribution in [3.8, 4) is 5.75 Å². The van der Waals surface area contributed by atoms with Crippen molar-refractivity contribution in [2.75, 3.05) is 39.8 Å². The molecule has 2 heterocycles. The summed E-state index contributed by atoms with van der Waals surface area (Å²) in [5.41, 5.74) is 2.44. The third kappa shape index (κ3) is 8.51. The van der Waals surface area contributed by atoms with E-state index in [1.807, 2.05) is 12.1 Å². The van der Waals surface area contributed by atoms with E-state index in [0.29, 0.717) is 5.92 Å². The molecule has 1 aliphatic rings. The first-order valence-electron chi connectivity index (χ1n) is 11.5. The average Bonchev–Trinajstić information content (AvgIpc) is 3.26. The highest BCUT2D eigenvalue weighted by atomic mass is 127. The van der Waals surface area contributed by atoms with Gasteiger partial charge < -0.3 is 15.4 Å². The predicted molar refractivity (Wildman–Crippen MR) is 146 cm³/mol. The third-order valence-corrected chi connectivity index (χ3v) is 6.77. The van der Waals surface area contributed by atoms with Crippen LogP contribution in [-0.2, 0) is 19.4 Å². The lowest BCUT2D eigenvalue weighted by molar-refractivity contribution is 0.179. The normalized spacial score (nSPS) is 15.3. The standard InChI is InChI=1S/C24H37N5OS.HI/c1-4-23-28-21(18-31-23)17-29-14-11-19(12-15-29)16-27-24(25-5-2)26-13-10-20-8-6-7-9-22(20)30-3;/h6-9,18-19H,4-5,10-17H2,1-3H3,(H2,25,26,27);1H. The number of nitrogens with one attached hydrogen (secondary N) is 2. The second kappa shape index (κ2) is 14.7. The lowest BCUT2D eigenvalue weighted by Gasteiger charge is -2.30. The van der Waals surface area contributed by atoms with Crippen molar-refractivity contribution in [2.45, 2.75) is 46.1 Å². The number of para-hydroxylation sites is 1. The fourth-order valence-corrected chi connectivity index (χ4v) is 4.66. The highest BCUT2D eigenvalue weighted by Gasteiger charge is 2.20. The van der Waals surface area contributed by atoms with Crippen molar-refractivity contribution in [2.24, 2.45) is 10.9 Å². The Bertz CT molecular complexity index is 820. The first-order chi connectivity index (χ1) is 15.2. The zero-order chi connectivity index (χ0) is 21.9. The van der Waals surface area contributed by atoms with Crippen molar-refractivity contribution >= 4 is 41.3 Å². The lowest BCUT2D eigenvalue weighted by atomic mass is 9.97. The molecule has 6 nitrogen and oxygen atoms in total. The average molecular weight is 572 g/mol. The number of aryl methyl sites for hydroxylation is 1. The molecular formula is C24H38IN5OS. The molecule has 3 rings (SSSR count). The summed E-state index contributed by atoms with van der Waals surface area (Å²) >= 11 is 1.79.